The molecule has 0 aliphatic heterocycles. The number of benzene rings is 2. The van der Waals surface area contributed by atoms with Crippen LogP contribution >= 0.6 is 11.6 Å². The van der Waals surface area contributed by atoms with E-state index in [0.717, 1.165) is 16.9 Å². The van der Waals surface area contributed by atoms with Crippen molar-refractivity contribution in [2.75, 3.05) is 6.61 Å². The van der Waals surface area contributed by atoms with Crippen molar-refractivity contribution >= 4 is 23.3 Å². The van der Waals surface area contributed by atoms with Gasteiger partial charge in [0.25, 0.3) is 0 Å². The fraction of sp³-hybridized carbons (Fsp3) is 0.0556. The molecule has 0 aliphatic carbocycles. The van der Waals surface area contributed by atoms with Gasteiger partial charge in [-0.3, -0.25) is 0 Å². The van der Waals surface area contributed by atoms with Crippen molar-refractivity contribution in [1.29, 1.82) is 5.26 Å². The molecule has 0 amide bonds. The highest BCUT2D eigenvalue weighted by Gasteiger charge is 2.01. The third-order valence-corrected chi connectivity index (χ3v) is 3.09. The molecule has 21 heavy (non-hydrogen) atoms. The summed E-state index contributed by atoms with van der Waals surface area (Å²) in [6, 6.07) is 17.0. The Balaban J connectivity index is 2.22. The van der Waals surface area contributed by atoms with Crippen molar-refractivity contribution in [2.45, 2.75) is 0 Å². The molecular formula is C18H14ClNO. The van der Waals surface area contributed by atoms with E-state index in [4.69, 9.17) is 16.3 Å². The van der Waals surface area contributed by atoms with Crippen molar-refractivity contribution in [3.63, 3.8) is 0 Å². The number of ether oxygens (including phenoxy) is 1. The summed E-state index contributed by atoms with van der Waals surface area (Å²) in [6.45, 7) is 4.08. The molecule has 2 aromatic carbocycles. The van der Waals surface area contributed by atoms with E-state index in [2.05, 4.69) is 12.6 Å². The van der Waals surface area contributed by atoms with Crippen LogP contribution in [-0.2, 0) is 0 Å². The summed E-state index contributed by atoms with van der Waals surface area (Å²) in [7, 11) is 0. The Labute approximate surface area is 129 Å². The molecule has 2 aromatic rings. The number of rotatable bonds is 5. The Morgan fingerprint density at radius 2 is 1.81 bits per heavy atom. The van der Waals surface area contributed by atoms with Crippen LogP contribution in [0.2, 0.25) is 5.02 Å². The highest BCUT2D eigenvalue weighted by Crippen LogP contribution is 2.21. The number of allylic oxidation sites excluding steroid dienone is 1. The monoisotopic (exact) mass is 295 g/mol. The number of hydrogen-bond donors (Lipinski definition) is 0. The lowest BCUT2D eigenvalue weighted by molar-refractivity contribution is 0.363. The number of hydrogen-bond acceptors (Lipinski definition) is 2. The van der Waals surface area contributed by atoms with Crippen LogP contribution in [0.5, 0.6) is 5.75 Å². The summed E-state index contributed by atoms with van der Waals surface area (Å²) in [6.07, 6.45) is 3.53. The molecule has 0 heterocycles. The summed E-state index contributed by atoms with van der Waals surface area (Å²) >= 11 is 5.86. The van der Waals surface area contributed by atoms with E-state index in [0.29, 0.717) is 17.2 Å². The second kappa shape index (κ2) is 7.33. The van der Waals surface area contributed by atoms with Gasteiger partial charge >= 0.3 is 0 Å². The lowest BCUT2D eigenvalue weighted by atomic mass is 10.0. The highest BCUT2D eigenvalue weighted by molar-refractivity contribution is 6.30. The predicted molar refractivity (Wildman–Crippen MR) is 87.1 cm³/mol. The lowest BCUT2D eigenvalue weighted by Crippen LogP contribution is -1.92. The molecule has 0 spiro atoms. The Morgan fingerprint density at radius 1 is 1.14 bits per heavy atom. The first-order valence-corrected chi connectivity index (χ1v) is 6.82. The van der Waals surface area contributed by atoms with Crippen molar-refractivity contribution in [2.24, 2.45) is 0 Å². The fourth-order valence-electron chi connectivity index (χ4n) is 1.79. The zero-order valence-electron chi connectivity index (χ0n) is 11.4. The van der Waals surface area contributed by atoms with Gasteiger partial charge in [-0.15, -0.1) is 0 Å². The summed E-state index contributed by atoms with van der Waals surface area (Å²) in [4.78, 5) is 0. The number of nitriles is 1. The van der Waals surface area contributed by atoms with Crippen LogP contribution in [-0.4, -0.2) is 6.61 Å². The van der Waals surface area contributed by atoms with E-state index < -0.39 is 0 Å². The molecule has 0 radical (unpaired) electrons. The minimum Gasteiger partial charge on any atom is -0.490 e. The average Bonchev–Trinajstić information content (AvgIpc) is 2.53. The maximum absolute atomic E-state index is 9.29. The maximum Gasteiger partial charge on any atom is 0.119 e. The molecule has 0 unspecified atom stereocenters. The van der Waals surface area contributed by atoms with Gasteiger partial charge in [-0.05, 0) is 41.5 Å². The summed E-state index contributed by atoms with van der Waals surface area (Å²) in [5, 5.41) is 9.95. The SMILES string of the molecule is C=CCOc1ccc(/C=C(\C#N)c2ccc(Cl)cc2)cc1. The van der Waals surface area contributed by atoms with Gasteiger partial charge in [0.15, 0.2) is 0 Å². The second-order valence-electron chi connectivity index (χ2n) is 4.35. The second-order valence-corrected chi connectivity index (χ2v) is 4.78. The van der Waals surface area contributed by atoms with Crippen LogP contribution in [0.15, 0.2) is 61.2 Å². The molecule has 3 heteroatoms. The number of halogens is 1. The molecular weight excluding hydrogens is 282 g/mol. The molecule has 0 fully saturated rings. The van der Waals surface area contributed by atoms with Crippen LogP contribution < -0.4 is 4.74 Å². The molecule has 0 aliphatic rings. The normalized spacial score (nSPS) is 10.8. The standard InChI is InChI=1S/C18H14ClNO/c1-2-11-21-18-9-3-14(4-10-18)12-16(13-20)15-5-7-17(19)8-6-15/h2-10,12H,1,11H2/b16-12+. The van der Waals surface area contributed by atoms with E-state index in [1.165, 1.54) is 0 Å². The zero-order valence-corrected chi connectivity index (χ0v) is 12.2. The number of nitrogens with zero attached hydrogens (tertiary/aromatic N) is 1. The van der Waals surface area contributed by atoms with E-state index >= 15 is 0 Å². The van der Waals surface area contributed by atoms with E-state index in [1.807, 2.05) is 42.5 Å². The topological polar surface area (TPSA) is 33.0 Å². The van der Waals surface area contributed by atoms with Crippen LogP contribution in [0.3, 0.4) is 0 Å². The van der Waals surface area contributed by atoms with Crippen molar-refractivity contribution < 1.29 is 4.74 Å². The van der Waals surface area contributed by atoms with Crippen LogP contribution in [0.1, 0.15) is 11.1 Å². The predicted octanol–water partition coefficient (Wildman–Crippen LogP) is 4.97. The Kier molecular flexibility index (Phi) is 5.20. The molecule has 2 rings (SSSR count). The average molecular weight is 296 g/mol. The smallest absolute Gasteiger partial charge is 0.119 e. The van der Waals surface area contributed by atoms with Crippen LogP contribution in [0.25, 0.3) is 11.6 Å². The van der Waals surface area contributed by atoms with Gasteiger partial charge in [0, 0.05) is 5.02 Å². The first-order chi connectivity index (χ1) is 10.2. The fourth-order valence-corrected chi connectivity index (χ4v) is 1.92. The van der Waals surface area contributed by atoms with Crippen LogP contribution in [0, 0.1) is 11.3 Å². The molecule has 0 N–H and O–H groups in total. The minimum atomic E-state index is 0.476. The minimum absolute atomic E-state index is 0.476. The quantitative estimate of drug-likeness (QED) is 0.443. The summed E-state index contributed by atoms with van der Waals surface area (Å²) in [5.74, 6) is 0.775. The van der Waals surface area contributed by atoms with E-state index in [-0.39, 0.29) is 0 Å². The molecule has 0 atom stereocenters. The van der Waals surface area contributed by atoms with Gasteiger partial charge in [-0.2, -0.15) is 5.26 Å². The van der Waals surface area contributed by atoms with Gasteiger partial charge < -0.3 is 4.74 Å². The van der Waals surface area contributed by atoms with Gasteiger partial charge in [-0.25, -0.2) is 0 Å². The van der Waals surface area contributed by atoms with Crippen LogP contribution in [0.4, 0.5) is 0 Å². The van der Waals surface area contributed by atoms with Crippen molar-refractivity contribution in [3.8, 4) is 11.8 Å². The van der Waals surface area contributed by atoms with Crippen molar-refractivity contribution in [1.82, 2.24) is 0 Å². The zero-order chi connectivity index (χ0) is 15.1. The summed E-state index contributed by atoms with van der Waals surface area (Å²) < 4.78 is 5.42. The molecule has 0 bridgehead atoms. The van der Waals surface area contributed by atoms with Gasteiger partial charge in [0.05, 0.1) is 11.6 Å². The molecule has 104 valence electrons. The maximum atomic E-state index is 9.29. The lowest BCUT2D eigenvalue weighted by Gasteiger charge is -2.04. The van der Waals surface area contributed by atoms with Crippen molar-refractivity contribution in [3.05, 3.63) is 77.3 Å². The third-order valence-electron chi connectivity index (χ3n) is 2.83. The first kappa shape index (κ1) is 14.9. The molecule has 2 nitrogen and oxygen atoms in total. The van der Waals surface area contributed by atoms with E-state index in [9.17, 15) is 5.26 Å². The van der Waals surface area contributed by atoms with Gasteiger partial charge in [-0.1, -0.05) is 48.5 Å². The third kappa shape index (κ3) is 4.24. The largest absolute Gasteiger partial charge is 0.490 e. The molecule has 0 saturated heterocycles. The Bertz CT molecular complexity index is 679. The molecule has 0 saturated carbocycles. The van der Waals surface area contributed by atoms with E-state index in [1.54, 1.807) is 18.2 Å². The molecule has 0 aromatic heterocycles. The highest BCUT2D eigenvalue weighted by atomic mass is 35.5. The van der Waals surface area contributed by atoms with Gasteiger partial charge in [0.2, 0.25) is 0 Å². The van der Waals surface area contributed by atoms with Gasteiger partial charge in [0.1, 0.15) is 12.4 Å². The summed E-state index contributed by atoms with van der Waals surface area (Å²) in [5.41, 5.74) is 2.37. The Hall–Kier alpha value is -2.50. The first-order valence-electron chi connectivity index (χ1n) is 6.44. The Morgan fingerprint density at radius 3 is 2.38 bits per heavy atom.